The number of nitrogens with one attached hydrogen (secondary N) is 2. The highest BCUT2D eigenvalue weighted by molar-refractivity contribution is 7.46. The van der Waals surface area contributed by atoms with Crippen LogP contribution in [0.4, 0.5) is 0 Å². The number of unbranched alkanes of at least 4 members (excludes halogenated alkanes) is 40. The Morgan fingerprint density at radius 3 is 0.775 bits per heavy atom. The van der Waals surface area contributed by atoms with Gasteiger partial charge < -0.3 is 87.2 Å². The Morgan fingerprint density at radius 2 is 0.523 bits per heavy atom. The van der Waals surface area contributed by atoms with Crippen molar-refractivity contribution in [2.45, 2.75) is 348 Å². The smallest absolute Gasteiger partial charge is 0.306 e. The number of amides is 2. The third kappa shape index (κ3) is 73.9. The van der Waals surface area contributed by atoms with Gasteiger partial charge in [0.25, 0.3) is 15.6 Å². The van der Waals surface area contributed by atoms with Crippen molar-refractivity contribution in [3.8, 4) is 0 Å². The van der Waals surface area contributed by atoms with E-state index in [4.69, 9.17) is 37.0 Å². The summed E-state index contributed by atoms with van der Waals surface area (Å²) in [5.74, 6) is -8.75. The van der Waals surface area contributed by atoms with Crippen LogP contribution in [0, 0.1) is 0 Å². The molecule has 4 atom stereocenters. The second-order valence-corrected chi connectivity index (χ2v) is 32.2. The van der Waals surface area contributed by atoms with Crippen LogP contribution in [-0.2, 0) is 89.3 Å². The Hall–Kier alpha value is -4.67. The molecule has 0 saturated heterocycles. The van der Waals surface area contributed by atoms with Crippen LogP contribution in [0.1, 0.15) is 336 Å². The van der Waals surface area contributed by atoms with Gasteiger partial charge >= 0.3 is 23.9 Å². The first-order valence-electron chi connectivity index (χ1n) is 42.6. The van der Waals surface area contributed by atoms with Crippen LogP contribution in [0.15, 0.2) is 0 Å². The molecule has 0 aliphatic rings. The number of phosphoric acid groups is 2. The number of phosphoric ester groups is 2. The number of hydrogen-bond donors (Lipinski definition) is 2. The minimum atomic E-state index is -5.13. The number of rotatable bonds is 84. The lowest BCUT2D eigenvalue weighted by atomic mass is 10.1. The van der Waals surface area contributed by atoms with Gasteiger partial charge in [-0.2, -0.15) is 0 Å². The number of carboxylic acids is 3. The number of aliphatic carboxylic acids is 3. The summed E-state index contributed by atoms with van der Waals surface area (Å²) >= 11 is 0. The van der Waals surface area contributed by atoms with Crippen molar-refractivity contribution >= 4 is 69.2 Å². The second kappa shape index (κ2) is 74.2. The number of carbonyl (C=O) groups is 9. The second-order valence-electron chi connectivity index (χ2n) is 29.4. The first kappa shape index (κ1) is 106. The molecule has 0 bridgehead atoms. The molecular weight excluding hydrogens is 1480 g/mol. The van der Waals surface area contributed by atoms with Crippen molar-refractivity contribution in [3.05, 3.63) is 0 Å². The molecule has 0 aromatic heterocycles. The first-order valence-corrected chi connectivity index (χ1v) is 45.5. The molecule has 0 fully saturated rings. The van der Waals surface area contributed by atoms with E-state index in [-0.39, 0.29) is 51.9 Å². The number of hydrogen-bond acceptors (Lipinski definition) is 27. The van der Waals surface area contributed by atoms with Gasteiger partial charge in [-0.25, -0.2) is 0 Å². The summed E-state index contributed by atoms with van der Waals surface area (Å²) in [6.45, 7) is -0.565. The molecule has 2 amide bonds. The van der Waals surface area contributed by atoms with Crippen LogP contribution >= 0.6 is 15.6 Å². The number of esters is 4. The Labute approximate surface area is 665 Å². The Kier molecular flexibility index (Phi) is 71.0. The Bertz CT molecular complexity index is 2330. The van der Waals surface area contributed by atoms with E-state index in [1.54, 1.807) is 0 Å². The maximum atomic E-state index is 13.1. The average Bonchev–Trinajstić information content (AvgIpc) is 0.912. The van der Waals surface area contributed by atoms with Crippen molar-refractivity contribution < 1.29 is 114 Å². The van der Waals surface area contributed by atoms with Gasteiger partial charge in [0.2, 0.25) is 11.8 Å². The molecule has 2 unspecified atom stereocenters. The highest BCUT2D eigenvalue weighted by Crippen LogP contribution is 2.39. The standard InChI is InChI=1S/C80H151N5O24P2/c1-5-9-13-17-21-25-29-33-37-41-45-49-77(94)102-66-70(108-79(96)51-47-43-39-35-31-27-23-19-15-11-7-3)68-106-110(98,99)104-59-53-81-72(86)61-84(64-75(90)91)57-55-83(63-74(88)89)56-58-85(65-76(92)93)62-73(87)82-54-60-105-111(100,101)107-69-71(109-80(97)52-48-44-40-36-32-28-24-20-16-12-8-4)67-103-78(95)50-46-42-38-34-30-26-22-18-14-10-6-2/h70-71H,5-69H2,1-4H3,(H,81,86)(H,82,87)(H,88,89)(H,90,91)(H,92,93)(H,98,99)(H,100,101)/p-5/t70-,71-/m1/s1. The van der Waals surface area contributed by atoms with Crippen LogP contribution in [0.3, 0.4) is 0 Å². The maximum absolute atomic E-state index is 13.1. The first-order chi connectivity index (χ1) is 53.4. The summed E-state index contributed by atoms with van der Waals surface area (Å²) in [7, 11) is -10.3. The van der Waals surface area contributed by atoms with Crippen molar-refractivity contribution in [1.82, 2.24) is 25.3 Å². The van der Waals surface area contributed by atoms with Gasteiger partial charge in [-0.1, -0.05) is 285 Å². The SMILES string of the molecule is CCCCCCCCCCCCCC(=O)OC[C@H](COP(=O)([O-])OCCNC(=O)CN(CCN(CCN(CC(=O)[O-])CC(=O)NCCOP(=O)([O-])OC[C@@H](COC(=O)CCCCCCCCCCCCC)OC(=O)CCCCCCCCCCCCC)CC(=O)[O-])CC(=O)[O-])OC(=O)CCCCCCCCCCCCC. The highest BCUT2D eigenvalue weighted by Gasteiger charge is 2.25. The molecular formula is C80H146N5O24P2-5. The van der Waals surface area contributed by atoms with Crippen LogP contribution in [0.2, 0.25) is 0 Å². The predicted molar refractivity (Wildman–Crippen MR) is 415 cm³/mol. The molecule has 29 nitrogen and oxygen atoms in total. The summed E-state index contributed by atoms with van der Waals surface area (Å²) in [6, 6.07) is 0. The molecule has 0 spiro atoms. The molecule has 0 aliphatic carbocycles. The van der Waals surface area contributed by atoms with Gasteiger partial charge in [0, 0.05) is 84.6 Å². The van der Waals surface area contributed by atoms with Gasteiger partial charge in [-0.05, 0) is 25.7 Å². The zero-order chi connectivity index (χ0) is 82.1. The van der Waals surface area contributed by atoms with E-state index in [2.05, 4.69) is 38.3 Å². The van der Waals surface area contributed by atoms with E-state index in [1.807, 2.05) is 0 Å². The van der Waals surface area contributed by atoms with E-state index in [1.165, 1.54) is 159 Å². The summed E-state index contributed by atoms with van der Waals surface area (Å²) in [5.41, 5.74) is 0. The summed E-state index contributed by atoms with van der Waals surface area (Å²) in [4.78, 5) is 142. The molecule has 31 heteroatoms. The molecule has 0 radical (unpaired) electrons. The maximum Gasteiger partial charge on any atom is 0.306 e. The molecule has 0 saturated carbocycles. The lowest BCUT2D eigenvalue weighted by Gasteiger charge is -2.30. The molecule has 0 aromatic carbocycles. The van der Waals surface area contributed by atoms with Crippen LogP contribution in [0.25, 0.3) is 0 Å². The van der Waals surface area contributed by atoms with Crippen molar-refractivity contribution in [2.75, 3.05) is 112 Å². The summed E-state index contributed by atoms with van der Waals surface area (Å²) in [5, 5.41) is 40.2. The van der Waals surface area contributed by atoms with Gasteiger partial charge in [0.1, 0.15) is 13.2 Å². The van der Waals surface area contributed by atoms with Gasteiger partial charge in [-0.15, -0.1) is 0 Å². The molecule has 0 aromatic rings. The summed E-state index contributed by atoms with van der Waals surface area (Å²) in [6.07, 6.45) is 45.5. The third-order valence-corrected chi connectivity index (χ3v) is 20.8. The van der Waals surface area contributed by atoms with Crippen molar-refractivity contribution in [3.63, 3.8) is 0 Å². The fourth-order valence-corrected chi connectivity index (χ4v) is 13.9. The fraction of sp³-hybridized carbons (Fsp3) is 0.887. The van der Waals surface area contributed by atoms with Gasteiger partial charge in [-0.3, -0.25) is 52.6 Å². The van der Waals surface area contributed by atoms with Crippen molar-refractivity contribution in [2.24, 2.45) is 0 Å². The number of carbonyl (C=O) groups excluding carboxylic acids is 9. The van der Waals surface area contributed by atoms with E-state index < -0.39 is 167 Å². The van der Waals surface area contributed by atoms with Crippen LogP contribution in [0.5, 0.6) is 0 Å². The van der Waals surface area contributed by atoms with Crippen LogP contribution < -0.4 is 35.7 Å². The lowest BCUT2D eigenvalue weighted by molar-refractivity contribution is -0.308. The molecule has 111 heavy (non-hydrogen) atoms. The topological polar surface area (TPSA) is 411 Å². The zero-order valence-electron chi connectivity index (χ0n) is 68.7. The van der Waals surface area contributed by atoms with Crippen LogP contribution in [-0.4, -0.2) is 192 Å². The molecule has 2 N–H and O–H groups in total. The minimum absolute atomic E-state index is 0.0608. The number of carboxylic acid groups (broad SMARTS) is 3. The van der Waals surface area contributed by atoms with E-state index in [0.29, 0.717) is 25.7 Å². The largest absolute Gasteiger partial charge is 0.756 e. The monoisotopic (exact) mass is 1620 g/mol. The Morgan fingerprint density at radius 1 is 0.297 bits per heavy atom. The third-order valence-electron chi connectivity index (χ3n) is 18.8. The Balaban J connectivity index is 5.48. The summed E-state index contributed by atoms with van der Waals surface area (Å²) < 4.78 is 67.6. The molecule has 0 rings (SSSR count). The average molecular weight is 1620 g/mol. The molecule has 650 valence electrons. The van der Waals surface area contributed by atoms with Crippen molar-refractivity contribution in [1.29, 1.82) is 0 Å². The van der Waals surface area contributed by atoms with Gasteiger partial charge in [0.05, 0.1) is 57.4 Å². The number of ether oxygens (including phenoxy) is 4. The fourth-order valence-electron chi connectivity index (χ4n) is 12.4. The lowest BCUT2D eigenvalue weighted by Crippen LogP contribution is -2.50. The number of nitrogens with zero attached hydrogens (tertiary/aromatic N) is 3. The molecule has 0 aliphatic heterocycles. The normalized spacial score (nSPS) is 13.2. The minimum Gasteiger partial charge on any atom is -0.756 e. The van der Waals surface area contributed by atoms with E-state index in [9.17, 15) is 77.4 Å². The van der Waals surface area contributed by atoms with Gasteiger partial charge in [0.15, 0.2) is 12.2 Å². The zero-order valence-corrected chi connectivity index (χ0v) is 70.4. The van der Waals surface area contributed by atoms with E-state index >= 15 is 0 Å². The molecule has 0 heterocycles. The predicted octanol–water partition coefficient (Wildman–Crippen LogP) is 10.1. The van der Waals surface area contributed by atoms with E-state index in [0.717, 1.165) is 113 Å². The quantitative estimate of drug-likeness (QED) is 0.0247. The highest BCUT2D eigenvalue weighted by atomic mass is 31.2.